The molecule has 2 heterocycles. The number of phenols is 2. The van der Waals surface area contributed by atoms with Gasteiger partial charge in [-0.05, 0) is 36.4 Å². The summed E-state index contributed by atoms with van der Waals surface area (Å²) in [6.45, 7) is 0. The van der Waals surface area contributed by atoms with E-state index in [-0.39, 0.29) is 22.8 Å². The number of phenolic OH excluding ortho intramolecular Hbond substituents is 2. The standard InChI is InChI=1S/C18H15NO5/c1-23-11-2-4-13-9(7-11)6-10(19-13)8-15-16(21)12-3-5-14(20)17(22)18(12)24-15/h2-7,15,19-20,22H,8H2,1H3. The average molecular weight is 325 g/mol. The van der Waals surface area contributed by atoms with Gasteiger partial charge in [0.25, 0.3) is 0 Å². The molecule has 1 atom stereocenters. The highest BCUT2D eigenvalue weighted by Gasteiger charge is 2.35. The zero-order valence-corrected chi connectivity index (χ0v) is 12.9. The summed E-state index contributed by atoms with van der Waals surface area (Å²) in [5.74, 6) is -0.113. The minimum Gasteiger partial charge on any atom is -0.504 e. The maximum atomic E-state index is 12.4. The molecule has 3 aromatic rings. The number of benzene rings is 2. The molecule has 3 N–H and O–H groups in total. The van der Waals surface area contributed by atoms with E-state index in [0.717, 1.165) is 22.3 Å². The van der Waals surface area contributed by atoms with Crippen molar-refractivity contribution in [2.75, 3.05) is 7.11 Å². The van der Waals surface area contributed by atoms with Crippen molar-refractivity contribution in [1.82, 2.24) is 4.98 Å². The lowest BCUT2D eigenvalue weighted by Crippen LogP contribution is -2.23. The van der Waals surface area contributed by atoms with E-state index in [9.17, 15) is 15.0 Å². The van der Waals surface area contributed by atoms with E-state index in [1.54, 1.807) is 7.11 Å². The molecule has 1 unspecified atom stereocenters. The highest BCUT2D eigenvalue weighted by atomic mass is 16.5. The van der Waals surface area contributed by atoms with Crippen molar-refractivity contribution in [3.63, 3.8) is 0 Å². The first kappa shape index (κ1) is 14.4. The summed E-state index contributed by atoms with van der Waals surface area (Å²) in [5.41, 5.74) is 2.07. The number of carbonyl (C=O) groups is 1. The highest BCUT2D eigenvalue weighted by molar-refractivity contribution is 6.05. The lowest BCUT2D eigenvalue weighted by molar-refractivity contribution is 0.0854. The van der Waals surface area contributed by atoms with Crippen LogP contribution in [0, 0.1) is 0 Å². The molecule has 4 rings (SSSR count). The Balaban J connectivity index is 1.62. The van der Waals surface area contributed by atoms with Gasteiger partial charge in [0.15, 0.2) is 17.6 Å². The third-order valence-corrected chi connectivity index (χ3v) is 4.22. The summed E-state index contributed by atoms with van der Waals surface area (Å²) in [7, 11) is 1.61. The average Bonchev–Trinajstić information content (AvgIpc) is 3.12. The molecular formula is C18H15NO5. The first-order valence-corrected chi connectivity index (χ1v) is 7.48. The second-order valence-corrected chi connectivity index (χ2v) is 5.73. The van der Waals surface area contributed by atoms with Gasteiger partial charge in [0.05, 0.1) is 12.7 Å². The van der Waals surface area contributed by atoms with Crippen LogP contribution in [0.15, 0.2) is 36.4 Å². The maximum absolute atomic E-state index is 12.4. The molecule has 0 amide bonds. The van der Waals surface area contributed by atoms with E-state index in [1.807, 2.05) is 24.3 Å². The number of rotatable bonds is 3. The van der Waals surface area contributed by atoms with Gasteiger partial charge < -0.3 is 24.7 Å². The Kier molecular flexibility index (Phi) is 3.13. The largest absolute Gasteiger partial charge is 0.504 e. The van der Waals surface area contributed by atoms with Gasteiger partial charge in [0.1, 0.15) is 5.75 Å². The number of Topliss-reactive ketones (excluding diaryl/α,β-unsaturated/α-hetero) is 1. The van der Waals surface area contributed by atoms with Crippen LogP contribution in [0.5, 0.6) is 23.0 Å². The van der Waals surface area contributed by atoms with Crippen molar-refractivity contribution in [2.45, 2.75) is 12.5 Å². The summed E-state index contributed by atoms with van der Waals surface area (Å²) in [4.78, 5) is 15.7. The van der Waals surface area contributed by atoms with Crippen LogP contribution in [0.3, 0.4) is 0 Å². The van der Waals surface area contributed by atoms with Crippen LogP contribution in [0.1, 0.15) is 16.1 Å². The molecule has 0 spiro atoms. The summed E-state index contributed by atoms with van der Waals surface area (Å²) in [6.07, 6.45) is -0.396. The van der Waals surface area contributed by atoms with Gasteiger partial charge in [0.2, 0.25) is 11.5 Å². The number of aromatic nitrogens is 1. The normalized spacial score (nSPS) is 16.2. The third kappa shape index (κ3) is 2.15. The Morgan fingerprint density at radius 2 is 2.04 bits per heavy atom. The Hall–Kier alpha value is -3.15. The van der Waals surface area contributed by atoms with Gasteiger partial charge in [-0.1, -0.05) is 0 Å². The van der Waals surface area contributed by atoms with E-state index >= 15 is 0 Å². The molecule has 6 nitrogen and oxygen atoms in total. The molecule has 2 aromatic carbocycles. The summed E-state index contributed by atoms with van der Waals surface area (Å²) >= 11 is 0. The van der Waals surface area contributed by atoms with Crippen molar-refractivity contribution >= 4 is 16.7 Å². The maximum Gasteiger partial charge on any atom is 0.207 e. The van der Waals surface area contributed by atoms with E-state index in [0.29, 0.717) is 6.42 Å². The van der Waals surface area contributed by atoms with Crippen molar-refractivity contribution in [3.8, 4) is 23.0 Å². The zero-order chi connectivity index (χ0) is 16.8. The molecule has 1 aliphatic heterocycles. The van der Waals surface area contributed by atoms with Crippen LogP contribution in [0.25, 0.3) is 10.9 Å². The molecule has 122 valence electrons. The first-order valence-electron chi connectivity index (χ1n) is 7.48. The fourth-order valence-electron chi connectivity index (χ4n) is 2.99. The predicted octanol–water partition coefficient (Wildman–Crippen LogP) is 2.77. The Bertz CT molecular complexity index is 959. The van der Waals surface area contributed by atoms with Crippen molar-refractivity contribution in [3.05, 3.63) is 47.7 Å². The number of ketones is 1. The Morgan fingerprint density at radius 1 is 1.21 bits per heavy atom. The van der Waals surface area contributed by atoms with Crippen LogP contribution in [-0.2, 0) is 6.42 Å². The molecule has 0 bridgehead atoms. The quantitative estimate of drug-likeness (QED) is 0.644. The number of aromatic hydroxyl groups is 2. The predicted molar refractivity (Wildman–Crippen MR) is 87.1 cm³/mol. The van der Waals surface area contributed by atoms with Gasteiger partial charge in [-0.25, -0.2) is 0 Å². The molecule has 0 aliphatic carbocycles. The number of nitrogens with one attached hydrogen (secondary N) is 1. The molecule has 24 heavy (non-hydrogen) atoms. The molecule has 1 aliphatic rings. The summed E-state index contributed by atoms with van der Waals surface area (Å²) < 4.78 is 10.8. The second-order valence-electron chi connectivity index (χ2n) is 5.73. The van der Waals surface area contributed by atoms with E-state index < -0.39 is 11.9 Å². The van der Waals surface area contributed by atoms with E-state index in [4.69, 9.17) is 9.47 Å². The molecule has 1 aromatic heterocycles. The molecule has 0 saturated heterocycles. The fourth-order valence-corrected chi connectivity index (χ4v) is 2.99. The van der Waals surface area contributed by atoms with Gasteiger partial charge in [-0.15, -0.1) is 0 Å². The first-order chi connectivity index (χ1) is 11.6. The van der Waals surface area contributed by atoms with Crippen molar-refractivity contribution < 1.29 is 24.5 Å². The zero-order valence-electron chi connectivity index (χ0n) is 12.9. The van der Waals surface area contributed by atoms with E-state index in [2.05, 4.69) is 4.98 Å². The molecule has 0 fully saturated rings. The molecular weight excluding hydrogens is 310 g/mol. The second kappa shape index (κ2) is 5.19. The minimum absolute atomic E-state index is 0.0442. The lowest BCUT2D eigenvalue weighted by atomic mass is 10.0. The van der Waals surface area contributed by atoms with Crippen LogP contribution in [0.4, 0.5) is 0 Å². The molecule has 6 heteroatoms. The number of aromatic amines is 1. The van der Waals surface area contributed by atoms with Gasteiger partial charge in [0, 0.05) is 23.0 Å². The molecule has 0 saturated carbocycles. The number of hydrogen-bond acceptors (Lipinski definition) is 5. The highest BCUT2D eigenvalue weighted by Crippen LogP contribution is 2.43. The van der Waals surface area contributed by atoms with Crippen molar-refractivity contribution in [2.24, 2.45) is 0 Å². The fraction of sp³-hybridized carbons (Fsp3) is 0.167. The Labute approximate surface area is 137 Å². The molecule has 0 radical (unpaired) electrons. The third-order valence-electron chi connectivity index (χ3n) is 4.22. The number of fused-ring (bicyclic) bond motifs is 2. The van der Waals surface area contributed by atoms with Crippen LogP contribution < -0.4 is 9.47 Å². The van der Waals surface area contributed by atoms with Gasteiger partial charge in [-0.2, -0.15) is 0 Å². The lowest BCUT2D eigenvalue weighted by Gasteiger charge is -2.08. The minimum atomic E-state index is -0.734. The van der Waals surface area contributed by atoms with E-state index in [1.165, 1.54) is 12.1 Å². The van der Waals surface area contributed by atoms with Crippen LogP contribution in [-0.4, -0.2) is 34.2 Å². The topological polar surface area (TPSA) is 91.8 Å². The monoisotopic (exact) mass is 325 g/mol. The number of methoxy groups -OCH3 is 1. The summed E-state index contributed by atoms with van der Waals surface area (Å²) in [5, 5.41) is 20.4. The van der Waals surface area contributed by atoms with Gasteiger partial charge in [-0.3, -0.25) is 4.79 Å². The summed E-state index contributed by atoms with van der Waals surface area (Å²) in [6, 6.07) is 10.4. The number of H-pyrrole nitrogens is 1. The number of hydrogen-bond donors (Lipinski definition) is 3. The smallest absolute Gasteiger partial charge is 0.207 e. The Morgan fingerprint density at radius 3 is 2.83 bits per heavy atom. The van der Waals surface area contributed by atoms with Crippen LogP contribution >= 0.6 is 0 Å². The van der Waals surface area contributed by atoms with Crippen LogP contribution in [0.2, 0.25) is 0 Å². The van der Waals surface area contributed by atoms with Gasteiger partial charge >= 0.3 is 0 Å². The van der Waals surface area contributed by atoms with Crippen molar-refractivity contribution in [1.29, 1.82) is 0 Å². The SMILES string of the molecule is COc1ccc2[nH]c(CC3Oc4c(ccc(O)c4O)C3=O)cc2c1. The number of ether oxygens (including phenoxy) is 2. The number of carbonyl (C=O) groups excluding carboxylic acids is 1.